The van der Waals surface area contributed by atoms with Crippen LogP contribution >= 0.6 is 31.9 Å². The van der Waals surface area contributed by atoms with Gasteiger partial charge in [-0.25, -0.2) is 0 Å². The molecule has 0 N–H and O–H groups in total. The molecule has 0 bridgehead atoms. The van der Waals surface area contributed by atoms with Gasteiger partial charge in [0.1, 0.15) is 23.2 Å². The van der Waals surface area contributed by atoms with Gasteiger partial charge in [0.2, 0.25) is 0 Å². The maximum atomic E-state index is 6.55. The Morgan fingerprint density at radius 1 is 1.04 bits per heavy atom. The molecule has 4 rings (SSSR count). The van der Waals surface area contributed by atoms with Crippen molar-refractivity contribution < 1.29 is 9.47 Å². The number of aryl methyl sites for hydroxylation is 1. The SMILES string of the molecule is Cc1ccc2c(c1)[C@@H](Oc1ccc3ccccc3c1Br)[C@H](Br)C(C)(C)O2. The summed E-state index contributed by atoms with van der Waals surface area (Å²) in [7, 11) is 0. The molecule has 26 heavy (non-hydrogen) atoms. The van der Waals surface area contributed by atoms with E-state index in [1.54, 1.807) is 0 Å². The van der Waals surface area contributed by atoms with Crippen molar-refractivity contribution in [1.29, 1.82) is 0 Å². The molecular weight excluding hydrogens is 456 g/mol. The standard InChI is InChI=1S/C22H20Br2O2/c1-13-8-10-17-16(12-13)20(21(24)22(2,3)26-17)25-18-11-9-14-6-4-5-7-15(14)19(18)23/h4-12,20-21H,1-3H3/t20-,21+/m1/s1. The van der Waals surface area contributed by atoms with Crippen molar-refractivity contribution in [1.82, 2.24) is 0 Å². The fourth-order valence-electron chi connectivity index (χ4n) is 3.41. The summed E-state index contributed by atoms with van der Waals surface area (Å²) in [6, 6.07) is 18.7. The number of benzene rings is 3. The van der Waals surface area contributed by atoms with Gasteiger partial charge in [0.15, 0.2) is 0 Å². The predicted octanol–water partition coefficient (Wildman–Crippen LogP) is 6.97. The molecule has 0 fully saturated rings. The van der Waals surface area contributed by atoms with Crippen LogP contribution in [0.1, 0.15) is 31.1 Å². The summed E-state index contributed by atoms with van der Waals surface area (Å²) in [4.78, 5) is 0.0164. The minimum Gasteiger partial charge on any atom is -0.486 e. The van der Waals surface area contributed by atoms with Crippen LogP contribution in [-0.4, -0.2) is 10.4 Å². The Hall–Kier alpha value is -1.52. The molecule has 3 aromatic carbocycles. The van der Waals surface area contributed by atoms with Gasteiger partial charge in [-0.3, -0.25) is 0 Å². The molecule has 0 aromatic heterocycles. The summed E-state index contributed by atoms with van der Waals surface area (Å²) in [6.07, 6.45) is -0.147. The molecule has 4 heteroatoms. The van der Waals surface area contributed by atoms with E-state index in [4.69, 9.17) is 9.47 Å². The first-order chi connectivity index (χ1) is 12.4. The van der Waals surface area contributed by atoms with Crippen molar-refractivity contribution >= 4 is 42.6 Å². The number of hydrogen-bond acceptors (Lipinski definition) is 2. The van der Waals surface area contributed by atoms with E-state index in [-0.39, 0.29) is 16.5 Å². The first-order valence-corrected chi connectivity index (χ1v) is 10.4. The summed E-state index contributed by atoms with van der Waals surface area (Å²) in [5, 5.41) is 2.33. The monoisotopic (exact) mass is 474 g/mol. The van der Waals surface area contributed by atoms with Crippen LogP contribution in [0.25, 0.3) is 10.8 Å². The average molecular weight is 476 g/mol. The van der Waals surface area contributed by atoms with E-state index >= 15 is 0 Å². The van der Waals surface area contributed by atoms with Crippen molar-refractivity contribution in [2.75, 3.05) is 0 Å². The number of hydrogen-bond donors (Lipinski definition) is 0. The highest BCUT2D eigenvalue weighted by Gasteiger charge is 2.44. The highest BCUT2D eigenvalue weighted by Crippen LogP contribution is 2.47. The summed E-state index contributed by atoms with van der Waals surface area (Å²) in [5.41, 5.74) is 1.89. The second-order valence-corrected chi connectivity index (χ2v) is 9.07. The first kappa shape index (κ1) is 17.9. The molecule has 2 atom stereocenters. The molecule has 2 nitrogen and oxygen atoms in total. The van der Waals surface area contributed by atoms with Gasteiger partial charge >= 0.3 is 0 Å². The highest BCUT2D eigenvalue weighted by atomic mass is 79.9. The summed E-state index contributed by atoms with van der Waals surface area (Å²) in [6.45, 7) is 6.26. The Labute approximate surface area is 170 Å². The largest absolute Gasteiger partial charge is 0.486 e. The zero-order valence-corrected chi connectivity index (χ0v) is 18.1. The van der Waals surface area contributed by atoms with E-state index in [0.717, 1.165) is 26.9 Å². The van der Waals surface area contributed by atoms with E-state index in [1.807, 2.05) is 24.3 Å². The van der Waals surface area contributed by atoms with Gasteiger partial charge < -0.3 is 9.47 Å². The zero-order chi connectivity index (χ0) is 18.5. The van der Waals surface area contributed by atoms with Crippen LogP contribution in [0.5, 0.6) is 11.5 Å². The lowest BCUT2D eigenvalue weighted by Gasteiger charge is -2.42. The normalized spacial score (nSPS) is 21.1. The lowest BCUT2D eigenvalue weighted by Crippen LogP contribution is -2.47. The minimum absolute atomic E-state index is 0.0164. The molecule has 0 spiro atoms. The van der Waals surface area contributed by atoms with Crippen LogP contribution in [-0.2, 0) is 0 Å². The quantitative estimate of drug-likeness (QED) is 0.372. The van der Waals surface area contributed by atoms with E-state index in [2.05, 4.69) is 83.0 Å². The molecule has 0 radical (unpaired) electrons. The van der Waals surface area contributed by atoms with Crippen molar-refractivity contribution in [3.63, 3.8) is 0 Å². The van der Waals surface area contributed by atoms with Crippen LogP contribution < -0.4 is 9.47 Å². The smallest absolute Gasteiger partial charge is 0.144 e. The summed E-state index contributed by atoms with van der Waals surface area (Å²) < 4.78 is 13.7. The molecular formula is C22H20Br2O2. The summed E-state index contributed by atoms with van der Waals surface area (Å²) >= 11 is 7.58. The van der Waals surface area contributed by atoms with Gasteiger partial charge in [0, 0.05) is 5.56 Å². The van der Waals surface area contributed by atoms with E-state index in [0.29, 0.717) is 0 Å². The fourth-order valence-corrected chi connectivity index (χ4v) is 4.48. The first-order valence-electron chi connectivity index (χ1n) is 8.64. The molecule has 3 aromatic rings. The van der Waals surface area contributed by atoms with Crippen molar-refractivity contribution in [2.45, 2.75) is 37.3 Å². The number of alkyl halides is 1. The van der Waals surface area contributed by atoms with Gasteiger partial charge in [0.25, 0.3) is 0 Å². The van der Waals surface area contributed by atoms with Crippen LogP contribution in [0, 0.1) is 6.92 Å². The van der Waals surface area contributed by atoms with Crippen molar-refractivity contribution in [3.05, 3.63) is 70.2 Å². The van der Waals surface area contributed by atoms with Gasteiger partial charge in [-0.2, -0.15) is 0 Å². The minimum atomic E-state index is -0.379. The fraction of sp³-hybridized carbons (Fsp3) is 0.273. The Kier molecular flexibility index (Phi) is 4.52. The molecule has 0 amide bonds. The second kappa shape index (κ2) is 6.58. The number of rotatable bonds is 2. The topological polar surface area (TPSA) is 18.5 Å². The third-order valence-electron chi connectivity index (χ3n) is 4.86. The van der Waals surface area contributed by atoms with E-state index < -0.39 is 0 Å². The van der Waals surface area contributed by atoms with E-state index in [9.17, 15) is 0 Å². The van der Waals surface area contributed by atoms with Crippen molar-refractivity contribution in [3.8, 4) is 11.5 Å². The Bertz CT molecular complexity index is 981. The number of ether oxygens (including phenoxy) is 2. The maximum Gasteiger partial charge on any atom is 0.144 e. The zero-order valence-electron chi connectivity index (χ0n) is 14.9. The molecule has 134 valence electrons. The third kappa shape index (κ3) is 3.03. The van der Waals surface area contributed by atoms with Crippen LogP contribution in [0.3, 0.4) is 0 Å². The molecule has 0 saturated carbocycles. The Balaban J connectivity index is 1.80. The van der Waals surface area contributed by atoms with Crippen molar-refractivity contribution in [2.24, 2.45) is 0 Å². The molecule has 1 aliphatic rings. The second-order valence-electron chi connectivity index (χ2n) is 7.29. The molecule has 0 saturated heterocycles. The molecule has 0 unspecified atom stereocenters. The predicted molar refractivity (Wildman–Crippen MR) is 114 cm³/mol. The van der Waals surface area contributed by atoms with E-state index in [1.165, 1.54) is 10.9 Å². The molecule has 1 aliphatic heterocycles. The van der Waals surface area contributed by atoms with Gasteiger partial charge in [-0.05, 0) is 65.7 Å². The van der Waals surface area contributed by atoms with Gasteiger partial charge in [-0.1, -0.05) is 57.9 Å². The summed E-state index contributed by atoms with van der Waals surface area (Å²) in [5.74, 6) is 1.72. The maximum absolute atomic E-state index is 6.55. The van der Waals surface area contributed by atoms with Crippen LogP contribution in [0.4, 0.5) is 0 Å². The third-order valence-corrected chi connectivity index (χ3v) is 7.26. The lowest BCUT2D eigenvalue weighted by atomic mass is 9.90. The molecule has 1 heterocycles. The van der Waals surface area contributed by atoms with Crippen LogP contribution in [0.2, 0.25) is 0 Å². The van der Waals surface area contributed by atoms with Gasteiger partial charge in [0.05, 0.1) is 9.30 Å². The van der Waals surface area contributed by atoms with Crippen LogP contribution in [0.15, 0.2) is 59.1 Å². The Morgan fingerprint density at radius 3 is 2.62 bits per heavy atom. The average Bonchev–Trinajstić information content (AvgIpc) is 2.61. The number of halogens is 2. The molecule has 0 aliphatic carbocycles. The number of fused-ring (bicyclic) bond motifs is 2. The van der Waals surface area contributed by atoms with Gasteiger partial charge in [-0.15, -0.1) is 0 Å². The highest BCUT2D eigenvalue weighted by molar-refractivity contribution is 9.10. The lowest BCUT2D eigenvalue weighted by molar-refractivity contribution is 0.0326. The Morgan fingerprint density at radius 2 is 1.81 bits per heavy atom.